The Hall–Kier alpha value is -1.87. The predicted octanol–water partition coefficient (Wildman–Crippen LogP) is 5.67. The normalized spacial score (nSPS) is 10.7. The Kier molecular flexibility index (Phi) is 3.70. The number of hydrogen-bond donors (Lipinski definition) is 0. The van der Waals surface area contributed by atoms with E-state index in [1.165, 1.54) is 6.07 Å². The van der Waals surface area contributed by atoms with Crippen molar-refractivity contribution in [2.45, 2.75) is 5.33 Å². The molecule has 0 aliphatic heterocycles. The van der Waals surface area contributed by atoms with Gasteiger partial charge in [-0.05, 0) is 29.1 Å². The molecular formula is C17H12BrFO. The smallest absolute Gasteiger partial charge is 0.166 e. The number of fused-ring (bicyclic) bond motifs is 1. The molecule has 0 N–H and O–H groups in total. The molecule has 0 fully saturated rings. The summed E-state index contributed by atoms with van der Waals surface area (Å²) in [5.41, 5.74) is 0.882. The minimum absolute atomic E-state index is 0.242. The molecule has 0 aromatic heterocycles. The van der Waals surface area contributed by atoms with Crippen LogP contribution in [-0.4, -0.2) is 0 Å². The lowest BCUT2D eigenvalue weighted by molar-refractivity contribution is 0.446. The summed E-state index contributed by atoms with van der Waals surface area (Å²) in [5.74, 6) is 0.550. The van der Waals surface area contributed by atoms with Crippen molar-refractivity contribution in [3.05, 3.63) is 72.0 Å². The quantitative estimate of drug-likeness (QED) is 0.562. The van der Waals surface area contributed by atoms with Gasteiger partial charge in [-0.3, -0.25) is 0 Å². The first-order valence-corrected chi connectivity index (χ1v) is 7.40. The Balaban J connectivity index is 2.01. The van der Waals surface area contributed by atoms with Crippen molar-refractivity contribution in [3.8, 4) is 11.5 Å². The van der Waals surface area contributed by atoms with Crippen LogP contribution in [0.2, 0.25) is 0 Å². The zero-order valence-electron chi connectivity index (χ0n) is 10.6. The second-order valence-corrected chi connectivity index (χ2v) is 5.04. The van der Waals surface area contributed by atoms with E-state index in [1.54, 1.807) is 6.07 Å². The molecule has 0 atom stereocenters. The largest absolute Gasteiger partial charge is 0.454 e. The molecule has 0 bridgehead atoms. The van der Waals surface area contributed by atoms with Gasteiger partial charge in [0.1, 0.15) is 5.75 Å². The molecule has 100 valence electrons. The fourth-order valence-corrected chi connectivity index (χ4v) is 2.46. The van der Waals surface area contributed by atoms with E-state index in [4.69, 9.17) is 4.74 Å². The zero-order chi connectivity index (χ0) is 13.9. The van der Waals surface area contributed by atoms with Gasteiger partial charge in [0.15, 0.2) is 11.6 Å². The van der Waals surface area contributed by atoms with Gasteiger partial charge in [0.2, 0.25) is 0 Å². The van der Waals surface area contributed by atoms with Crippen molar-refractivity contribution in [3.63, 3.8) is 0 Å². The summed E-state index contributed by atoms with van der Waals surface area (Å²) in [5, 5.41) is 2.67. The average molecular weight is 331 g/mol. The second-order valence-electron chi connectivity index (χ2n) is 4.48. The first kappa shape index (κ1) is 13.1. The molecule has 3 aromatic rings. The minimum Gasteiger partial charge on any atom is -0.454 e. The molecular weight excluding hydrogens is 319 g/mol. The molecule has 3 aromatic carbocycles. The third kappa shape index (κ3) is 2.54. The summed E-state index contributed by atoms with van der Waals surface area (Å²) in [7, 11) is 0. The molecule has 0 aliphatic rings. The van der Waals surface area contributed by atoms with Gasteiger partial charge in [-0.1, -0.05) is 58.4 Å². The summed E-state index contributed by atoms with van der Waals surface area (Å²) >= 11 is 3.31. The maximum atomic E-state index is 14.0. The molecule has 1 nitrogen and oxygen atoms in total. The maximum Gasteiger partial charge on any atom is 0.166 e. The van der Waals surface area contributed by atoms with Gasteiger partial charge in [0.05, 0.1) is 0 Å². The van der Waals surface area contributed by atoms with E-state index < -0.39 is 0 Å². The molecule has 0 radical (unpaired) electrons. The van der Waals surface area contributed by atoms with Crippen molar-refractivity contribution in [2.24, 2.45) is 0 Å². The number of rotatable bonds is 3. The summed E-state index contributed by atoms with van der Waals surface area (Å²) in [6.45, 7) is 0. The number of alkyl halides is 1. The third-order valence-electron chi connectivity index (χ3n) is 3.12. The highest BCUT2D eigenvalue weighted by molar-refractivity contribution is 9.08. The standard InChI is InChI=1S/C17H12BrFO/c18-11-12-8-9-17(15(19)10-12)20-16-7-3-5-13-4-1-2-6-14(13)16/h1-10H,11H2. The Bertz CT molecular complexity index is 750. The molecule has 0 spiro atoms. The van der Waals surface area contributed by atoms with Crippen LogP contribution in [0, 0.1) is 5.82 Å². The minimum atomic E-state index is -0.352. The van der Waals surface area contributed by atoms with Gasteiger partial charge in [-0.2, -0.15) is 0 Å². The molecule has 0 saturated heterocycles. The van der Waals surface area contributed by atoms with Gasteiger partial charge in [-0.25, -0.2) is 4.39 Å². The second kappa shape index (κ2) is 5.63. The molecule has 0 heterocycles. The van der Waals surface area contributed by atoms with Crippen molar-refractivity contribution >= 4 is 26.7 Å². The van der Waals surface area contributed by atoms with Crippen LogP contribution in [0.1, 0.15) is 5.56 Å². The van der Waals surface area contributed by atoms with E-state index in [9.17, 15) is 4.39 Å². The Morgan fingerprint density at radius 3 is 2.50 bits per heavy atom. The van der Waals surface area contributed by atoms with Crippen LogP contribution < -0.4 is 4.74 Å². The first-order chi connectivity index (χ1) is 9.78. The van der Waals surface area contributed by atoms with Crippen LogP contribution >= 0.6 is 15.9 Å². The van der Waals surface area contributed by atoms with Crippen LogP contribution in [0.15, 0.2) is 60.7 Å². The summed E-state index contributed by atoms with van der Waals surface area (Å²) < 4.78 is 19.7. The first-order valence-electron chi connectivity index (χ1n) is 6.28. The Labute approximate surface area is 125 Å². The van der Waals surface area contributed by atoms with Gasteiger partial charge in [0.25, 0.3) is 0 Å². The van der Waals surface area contributed by atoms with E-state index in [0.717, 1.165) is 16.3 Å². The van der Waals surface area contributed by atoms with Crippen LogP contribution in [0.5, 0.6) is 11.5 Å². The van der Waals surface area contributed by atoms with E-state index >= 15 is 0 Å². The predicted molar refractivity (Wildman–Crippen MR) is 83.1 cm³/mol. The number of halogens is 2. The number of benzene rings is 3. The van der Waals surface area contributed by atoms with Gasteiger partial charge in [0, 0.05) is 10.7 Å². The molecule has 0 amide bonds. The molecule has 20 heavy (non-hydrogen) atoms. The van der Waals surface area contributed by atoms with Crippen molar-refractivity contribution in [1.82, 2.24) is 0 Å². The number of hydrogen-bond acceptors (Lipinski definition) is 1. The van der Waals surface area contributed by atoms with E-state index in [-0.39, 0.29) is 11.6 Å². The van der Waals surface area contributed by atoms with Crippen molar-refractivity contribution in [2.75, 3.05) is 0 Å². The van der Waals surface area contributed by atoms with Gasteiger partial charge in [-0.15, -0.1) is 0 Å². The van der Waals surface area contributed by atoms with Crippen LogP contribution in [0.4, 0.5) is 4.39 Å². The molecule has 0 saturated carbocycles. The molecule has 3 heteroatoms. The SMILES string of the molecule is Fc1cc(CBr)ccc1Oc1cccc2ccccc12. The van der Waals surface area contributed by atoms with E-state index in [2.05, 4.69) is 15.9 Å². The fourth-order valence-electron chi connectivity index (χ4n) is 2.11. The lowest BCUT2D eigenvalue weighted by atomic mass is 10.1. The van der Waals surface area contributed by atoms with Gasteiger partial charge < -0.3 is 4.74 Å². The highest BCUT2D eigenvalue weighted by Crippen LogP contribution is 2.31. The fraction of sp³-hybridized carbons (Fsp3) is 0.0588. The Morgan fingerprint density at radius 2 is 1.70 bits per heavy atom. The van der Waals surface area contributed by atoms with E-state index in [0.29, 0.717) is 11.1 Å². The third-order valence-corrected chi connectivity index (χ3v) is 3.77. The monoisotopic (exact) mass is 330 g/mol. The lowest BCUT2D eigenvalue weighted by Crippen LogP contribution is -1.90. The zero-order valence-corrected chi connectivity index (χ0v) is 12.2. The van der Waals surface area contributed by atoms with Crippen LogP contribution in [0.3, 0.4) is 0 Å². The van der Waals surface area contributed by atoms with Crippen molar-refractivity contribution in [1.29, 1.82) is 0 Å². The highest BCUT2D eigenvalue weighted by Gasteiger charge is 2.08. The van der Waals surface area contributed by atoms with Crippen molar-refractivity contribution < 1.29 is 9.13 Å². The number of ether oxygens (including phenoxy) is 1. The lowest BCUT2D eigenvalue weighted by Gasteiger charge is -2.10. The molecule has 0 aliphatic carbocycles. The van der Waals surface area contributed by atoms with E-state index in [1.807, 2.05) is 48.5 Å². The average Bonchev–Trinajstić information content (AvgIpc) is 2.49. The Morgan fingerprint density at radius 1 is 0.900 bits per heavy atom. The summed E-state index contributed by atoms with van der Waals surface area (Å²) in [4.78, 5) is 0. The topological polar surface area (TPSA) is 9.23 Å². The highest BCUT2D eigenvalue weighted by atomic mass is 79.9. The summed E-state index contributed by atoms with van der Waals surface area (Å²) in [6.07, 6.45) is 0. The molecule has 0 unspecified atom stereocenters. The van der Waals surface area contributed by atoms with Crippen LogP contribution in [0.25, 0.3) is 10.8 Å². The van der Waals surface area contributed by atoms with Gasteiger partial charge >= 0.3 is 0 Å². The molecule has 3 rings (SSSR count). The summed E-state index contributed by atoms with van der Waals surface area (Å²) in [6, 6.07) is 18.6. The maximum absolute atomic E-state index is 14.0. The van der Waals surface area contributed by atoms with Crippen LogP contribution in [-0.2, 0) is 5.33 Å².